The van der Waals surface area contributed by atoms with Gasteiger partial charge in [-0.15, -0.1) is 0 Å². The van der Waals surface area contributed by atoms with Gasteiger partial charge in [0, 0.05) is 19.2 Å². The molecule has 0 heterocycles. The average Bonchev–Trinajstić information content (AvgIpc) is 3.39. The van der Waals surface area contributed by atoms with Crippen molar-refractivity contribution in [2.75, 3.05) is 13.6 Å². The van der Waals surface area contributed by atoms with Crippen molar-refractivity contribution in [2.45, 2.75) is 39.5 Å². The van der Waals surface area contributed by atoms with Gasteiger partial charge in [0.05, 0.1) is 5.70 Å². The van der Waals surface area contributed by atoms with Crippen LogP contribution in [0.25, 0.3) is 5.57 Å². The number of nitrogens with two attached hydrogens (primary N) is 1. The highest BCUT2D eigenvalue weighted by Gasteiger charge is 2.31. The van der Waals surface area contributed by atoms with Crippen LogP contribution in [0, 0.1) is 11.8 Å². The first-order valence-corrected chi connectivity index (χ1v) is 8.86. The molecule has 0 bridgehead atoms. The second-order valence-electron chi connectivity index (χ2n) is 7.09. The van der Waals surface area contributed by atoms with E-state index in [1.165, 1.54) is 11.1 Å². The predicted molar refractivity (Wildman–Crippen MR) is 101 cm³/mol. The SMILES string of the molecule is C=C(C(=O)C1CC1)N(C)/C=C(\C)c1ccc(CC(C)CCN)cc1. The molecular formula is C21H30N2O. The molecule has 0 saturated heterocycles. The fourth-order valence-corrected chi connectivity index (χ4v) is 2.89. The maximum atomic E-state index is 12.1. The second-order valence-corrected chi connectivity index (χ2v) is 7.09. The van der Waals surface area contributed by atoms with Crippen LogP contribution >= 0.6 is 0 Å². The summed E-state index contributed by atoms with van der Waals surface area (Å²) < 4.78 is 0. The zero-order valence-electron chi connectivity index (χ0n) is 15.2. The third-order valence-corrected chi connectivity index (χ3v) is 4.70. The van der Waals surface area contributed by atoms with E-state index in [0.29, 0.717) is 11.6 Å². The Kier molecular flexibility index (Phi) is 6.38. The van der Waals surface area contributed by atoms with Gasteiger partial charge in [-0.2, -0.15) is 0 Å². The summed E-state index contributed by atoms with van der Waals surface area (Å²) in [6, 6.07) is 8.67. The molecule has 3 heteroatoms. The number of carbonyl (C=O) groups excluding carboxylic acids is 1. The van der Waals surface area contributed by atoms with Crippen LogP contribution in [-0.2, 0) is 11.2 Å². The van der Waals surface area contributed by atoms with E-state index in [2.05, 4.69) is 44.7 Å². The van der Waals surface area contributed by atoms with Gasteiger partial charge < -0.3 is 10.6 Å². The van der Waals surface area contributed by atoms with E-state index in [1.54, 1.807) is 0 Å². The lowest BCUT2D eigenvalue weighted by molar-refractivity contribution is -0.117. The van der Waals surface area contributed by atoms with E-state index in [-0.39, 0.29) is 11.7 Å². The molecule has 1 fully saturated rings. The number of allylic oxidation sites excluding steroid dienone is 2. The summed E-state index contributed by atoms with van der Waals surface area (Å²) in [6.07, 6.45) is 6.14. The third kappa shape index (κ3) is 5.07. The van der Waals surface area contributed by atoms with Crippen LogP contribution in [-0.4, -0.2) is 24.3 Å². The molecule has 1 atom stereocenters. The summed E-state index contributed by atoms with van der Waals surface area (Å²) in [5, 5.41) is 0. The van der Waals surface area contributed by atoms with Crippen molar-refractivity contribution in [3.63, 3.8) is 0 Å². The molecule has 24 heavy (non-hydrogen) atoms. The van der Waals surface area contributed by atoms with Crippen LogP contribution in [0.4, 0.5) is 0 Å². The summed E-state index contributed by atoms with van der Waals surface area (Å²) >= 11 is 0. The van der Waals surface area contributed by atoms with Crippen LogP contribution in [0.5, 0.6) is 0 Å². The highest BCUT2D eigenvalue weighted by molar-refractivity contribution is 5.97. The van der Waals surface area contributed by atoms with E-state index in [0.717, 1.165) is 37.8 Å². The molecule has 1 aliphatic rings. The molecule has 130 valence electrons. The molecule has 0 radical (unpaired) electrons. The van der Waals surface area contributed by atoms with Gasteiger partial charge in [-0.05, 0) is 61.8 Å². The van der Waals surface area contributed by atoms with E-state index < -0.39 is 0 Å². The molecule has 1 aliphatic carbocycles. The van der Waals surface area contributed by atoms with Crippen molar-refractivity contribution in [1.82, 2.24) is 4.90 Å². The standard InChI is InChI=1S/C21H30N2O/c1-15(11-12-22)13-18-5-7-19(8-6-18)16(2)14-23(4)17(3)21(24)20-9-10-20/h5-8,14-15,20H,3,9-13,22H2,1-2,4H3/b16-14+. The topological polar surface area (TPSA) is 46.3 Å². The minimum atomic E-state index is 0.186. The molecule has 1 saturated carbocycles. The minimum Gasteiger partial charge on any atom is -0.348 e. The maximum Gasteiger partial charge on any atom is 0.181 e. The molecule has 1 aromatic rings. The second kappa shape index (κ2) is 8.29. The molecule has 0 aliphatic heterocycles. The Morgan fingerprint density at radius 3 is 2.54 bits per heavy atom. The Bertz CT molecular complexity index is 611. The Hall–Kier alpha value is -1.87. The van der Waals surface area contributed by atoms with Crippen LogP contribution in [0.1, 0.15) is 44.2 Å². The summed E-state index contributed by atoms with van der Waals surface area (Å²) in [6.45, 7) is 9.00. The number of benzene rings is 1. The van der Waals surface area contributed by atoms with E-state index in [4.69, 9.17) is 5.73 Å². The summed E-state index contributed by atoms with van der Waals surface area (Å²) in [5.41, 5.74) is 9.85. The van der Waals surface area contributed by atoms with E-state index >= 15 is 0 Å². The quantitative estimate of drug-likeness (QED) is 0.698. The normalized spacial score (nSPS) is 15.9. The first kappa shape index (κ1) is 18.5. The van der Waals surface area contributed by atoms with Crippen molar-refractivity contribution in [3.8, 4) is 0 Å². The minimum absolute atomic E-state index is 0.186. The first-order chi connectivity index (χ1) is 11.4. The Balaban J connectivity index is 1.99. The highest BCUT2D eigenvalue weighted by Crippen LogP contribution is 2.32. The molecular weight excluding hydrogens is 296 g/mol. The monoisotopic (exact) mass is 326 g/mol. The van der Waals surface area contributed by atoms with Crippen molar-refractivity contribution >= 4 is 11.4 Å². The number of rotatable bonds is 9. The van der Waals surface area contributed by atoms with Crippen LogP contribution in [0.3, 0.4) is 0 Å². The molecule has 0 spiro atoms. The van der Waals surface area contributed by atoms with Gasteiger partial charge >= 0.3 is 0 Å². The smallest absolute Gasteiger partial charge is 0.181 e. The van der Waals surface area contributed by atoms with Crippen molar-refractivity contribution in [3.05, 3.63) is 53.9 Å². The van der Waals surface area contributed by atoms with Crippen LogP contribution in [0.15, 0.2) is 42.7 Å². The van der Waals surface area contributed by atoms with Crippen LogP contribution in [0.2, 0.25) is 0 Å². The number of nitrogens with zero attached hydrogens (tertiary/aromatic N) is 1. The summed E-state index contributed by atoms with van der Waals surface area (Å²) in [7, 11) is 1.90. The third-order valence-electron chi connectivity index (χ3n) is 4.70. The fraction of sp³-hybridized carbons (Fsp3) is 0.476. The van der Waals surface area contributed by atoms with E-state index in [9.17, 15) is 4.79 Å². The fourth-order valence-electron chi connectivity index (χ4n) is 2.89. The van der Waals surface area contributed by atoms with Gasteiger partial charge in [0.1, 0.15) is 0 Å². The van der Waals surface area contributed by atoms with E-state index in [1.807, 2.05) is 18.1 Å². The number of hydrogen-bond donors (Lipinski definition) is 1. The zero-order valence-corrected chi connectivity index (χ0v) is 15.2. The molecule has 1 aromatic carbocycles. The number of likely N-dealkylation sites (N-methyl/N-ethyl adjacent to an activating group) is 1. The molecule has 1 unspecified atom stereocenters. The lowest BCUT2D eigenvalue weighted by Crippen LogP contribution is -2.19. The van der Waals surface area contributed by atoms with Crippen molar-refractivity contribution in [1.29, 1.82) is 0 Å². The number of Topliss-reactive ketones (excluding diaryl/α,β-unsaturated/α-hetero) is 1. The Labute approximate surface area is 146 Å². The Morgan fingerprint density at radius 1 is 1.38 bits per heavy atom. The van der Waals surface area contributed by atoms with Crippen molar-refractivity contribution in [2.24, 2.45) is 17.6 Å². The summed E-state index contributed by atoms with van der Waals surface area (Å²) in [5.74, 6) is 1.01. The molecule has 2 N–H and O–H groups in total. The Morgan fingerprint density at radius 2 is 2.00 bits per heavy atom. The van der Waals surface area contributed by atoms with Gasteiger partial charge in [-0.25, -0.2) is 0 Å². The van der Waals surface area contributed by atoms with Gasteiger partial charge in [-0.3, -0.25) is 4.79 Å². The summed E-state index contributed by atoms with van der Waals surface area (Å²) in [4.78, 5) is 13.9. The molecule has 0 amide bonds. The van der Waals surface area contributed by atoms with Crippen molar-refractivity contribution < 1.29 is 4.79 Å². The van der Waals surface area contributed by atoms with Gasteiger partial charge in [0.15, 0.2) is 5.78 Å². The molecule has 3 nitrogen and oxygen atoms in total. The maximum absolute atomic E-state index is 12.1. The zero-order chi connectivity index (χ0) is 17.7. The largest absolute Gasteiger partial charge is 0.348 e. The first-order valence-electron chi connectivity index (χ1n) is 8.86. The van der Waals surface area contributed by atoms with Gasteiger partial charge in [0.2, 0.25) is 0 Å². The molecule has 0 aromatic heterocycles. The lowest BCUT2D eigenvalue weighted by atomic mass is 9.96. The highest BCUT2D eigenvalue weighted by atomic mass is 16.1. The number of carbonyl (C=O) groups is 1. The van der Waals surface area contributed by atoms with Gasteiger partial charge in [-0.1, -0.05) is 37.8 Å². The van der Waals surface area contributed by atoms with Gasteiger partial charge in [0.25, 0.3) is 0 Å². The molecule has 2 rings (SSSR count). The predicted octanol–water partition coefficient (Wildman–Crippen LogP) is 4.00. The number of hydrogen-bond acceptors (Lipinski definition) is 3. The lowest BCUT2D eigenvalue weighted by Gasteiger charge is -2.17. The van der Waals surface area contributed by atoms with Crippen LogP contribution < -0.4 is 5.73 Å². The number of ketones is 1. The average molecular weight is 326 g/mol.